The largest absolute Gasteiger partial charge is 0.455 e. The Kier molecular flexibility index (Phi) is 6.06. The number of hydrogen-bond donors (Lipinski definition) is 0. The van der Waals surface area contributed by atoms with Gasteiger partial charge in [0, 0.05) is 18.0 Å². The van der Waals surface area contributed by atoms with Crippen molar-refractivity contribution in [3.05, 3.63) is 42.5 Å². The van der Waals surface area contributed by atoms with Gasteiger partial charge < -0.3 is 9.64 Å². The minimum atomic E-state index is -3.07. The quantitative estimate of drug-likeness (QED) is 0.539. The number of esters is 1. The van der Waals surface area contributed by atoms with Gasteiger partial charge in [0.05, 0.1) is 17.3 Å². The molecule has 27 heavy (non-hydrogen) atoms. The maximum absolute atomic E-state index is 12.1. The first-order chi connectivity index (χ1) is 12.8. The van der Waals surface area contributed by atoms with Crippen LogP contribution in [0, 0.1) is 0 Å². The van der Waals surface area contributed by atoms with E-state index in [2.05, 4.69) is 0 Å². The molecule has 0 aliphatic carbocycles. The van der Waals surface area contributed by atoms with Gasteiger partial charge >= 0.3 is 5.97 Å². The Bertz CT molecular complexity index is 957. The lowest BCUT2D eigenvalue weighted by Gasteiger charge is -2.23. The lowest BCUT2D eigenvalue weighted by molar-refractivity contribution is -0.150. The number of rotatable bonds is 6. The van der Waals surface area contributed by atoms with Crippen LogP contribution < -0.4 is 0 Å². The van der Waals surface area contributed by atoms with Crippen LogP contribution in [0.25, 0.3) is 10.8 Å². The van der Waals surface area contributed by atoms with Gasteiger partial charge in [-0.2, -0.15) is 0 Å². The SMILES string of the molecule is CN(C(=O)COC(=O)CSc1ccc2ccccc2c1)[C@@H]1CCS(=O)(=O)C1. The Morgan fingerprint density at radius 3 is 2.63 bits per heavy atom. The van der Waals surface area contributed by atoms with Crippen LogP contribution >= 0.6 is 11.8 Å². The lowest BCUT2D eigenvalue weighted by Crippen LogP contribution is -2.40. The van der Waals surface area contributed by atoms with Crippen molar-refractivity contribution in [3.63, 3.8) is 0 Å². The van der Waals surface area contributed by atoms with E-state index in [4.69, 9.17) is 4.74 Å². The summed E-state index contributed by atoms with van der Waals surface area (Å²) in [6, 6.07) is 13.6. The van der Waals surface area contributed by atoms with E-state index in [9.17, 15) is 18.0 Å². The molecule has 0 saturated carbocycles. The van der Waals surface area contributed by atoms with Crippen molar-refractivity contribution in [2.75, 3.05) is 30.9 Å². The standard InChI is InChI=1S/C19H21NO5S2/c1-20(16-8-9-27(23,24)13-16)18(21)11-25-19(22)12-26-17-7-6-14-4-2-3-5-15(14)10-17/h2-7,10,16H,8-9,11-13H2,1H3/t16-/m1/s1. The first kappa shape index (κ1) is 19.7. The number of nitrogens with zero attached hydrogens (tertiary/aromatic N) is 1. The fraction of sp³-hybridized carbons (Fsp3) is 0.368. The number of sulfone groups is 1. The maximum Gasteiger partial charge on any atom is 0.316 e. The monoisotopic (exact) mass is 407 g/mol. The lowest BCUT2D eigenvalue weighted by atomic mass is 10.1. The Morgan fingerprint density at radius 1 is 1.19 bits per heavy atom. The Hall–Kier alpha value is -2.06. The fourth-order valence-electron chi connectivity index (χ4n) is 2.97. The topological polar surface area (TPSA) is 80.8 Å². The number of carbonyl (C=O) groups excluding carboxylic acids is 2. The van der Waals surface area contributed by atoms with Crippen LogP contribution in [0.15, 0.2) is 47.4 Å². The summed E-state index contributed by atoms with van der Waals surface area (Å²) < 4.78 is 28.1. The van der Waals surface area contributed by atoms with Crippen LogP contribution in [-0.4, -0.2) is 62.1 Å². The van der Waals surface area contributed by atoms with Crippen molar-refractivity contribution in [3.8, 4) is 0 Å². The Morgan fingerprint density at radius 2 is 1.93 bits per heavy atom. The third kappa shape index (κ3) is 5.23. The first-order valence-electron chi connectivity index (χ1n) is 8.57. The first-order valence-corrected chi connectivity index (χ1v) is 11.4. The second-order valence-corrected chi connectivity index (χ2v) is 9.80. The van der Waals surface area contributed by atoms with E-state index in [0.29, 0.717) is 6.42 Å². The van der Waals surface area contributed by atoms with Crippen LogP contribution in [0.5, 0.6) is 0 Å². The summed E-state index contributed by atoms with van der Waals surface area (Å²) >= 11 is 1.35. The molecule has 2 aromatic carbocycles. The molecule has 1 aliphatic rings. The molecule has 2 aromatic rings. The molecule has 3 rings (SSSR count). The molecule has 0 spiro atoms. The summed E-state index contributed by atoms with van der Waals surface area (Å²) in [7, 11) is -1.52. The van der Waals surface area contributed by atoms with Crippen LogP contribution in [-0.2, 0) is 24.2 Å². The summed E-state index contributed by atoms with van der Waals surface area (Å²) in [4.78, 5) is 26.4. The molecule has 1 atom stereocenters. The van der Waals surface area contributed by atoms with Crippen molar-refractivity contribution in [1.29, 1.82) is 0 Å². The molecule has 1 fully saturated rings. The second-order valence-electron chi connectivity index (χ2n) is 6.52. The highest BCUT2D eigenvalue weighted by atomic mass is 32.2. The summed E-state index contributed by atoms with van der Waals surface area (Å²) in [5.41, 5.74) is 0. The van der Waals surface area contributed by atoms with Gasteiger partial charge in [-0.3, -0.25) is 9.59 Å². The van der Waals surface area contributed by atoms with Gasteiger partial charge in [-0.1, -0.05) is 30.3 Å². The average molecular weight is 408 g/mol. The number of ether oxygens (including phenoxy) is 1. The second kappa shape index (κ2) is 8.31. The molecule has 6 nitrogen and oxygen atoms in total. The molecule has 1 saturated heterocycles. The van der Waals surface area contributed by atoms with Crippen LogP contribution in [0.3, 0.4) is 0 Å². The van der Waals surface area contributed by atoms with E-state index in [1.54, 1.807) is 7.05 Å². The molecular weight excluding hydrogens is 386 g/mol. The predicted octanol–water partition coefficient (Wildman–Crippen LogP) is 2.12. The highest BCUT2D eigenvalue weighted by Crippen LogP contribution is 2.23. The van der Waals surface area contributed by atoms with Crippen molar-refractivity contribution in [2.45, 2.75) is 17.4 Å². The molecular formula is C19H21NO5S2. The van der Waals surface area contributed by atoms with E-state index in [0.717, 1.165) is 15.7 Å². The van der Waals surface area contributed by atoms with Crippen LogP contribution in [0.2, 0.25) is 0 Å². The fourth-order valence-corrected chi connectivity index (χ4v) is 5.49. The van der Waals surface area contributed by atoms with E-state index in [-0.39, 0.29) is 35.8 Å². The van der Waals surface area contributed by atoms with Gasteiger partial charge in [-0.05, 0) is 29.3 Å². The van der Waals surface area contributed by atoms with Gasteiger partial charge in [0.15, 0.2) is 16.4 Å². The van der Waals surface area contributed by atoms with Crippen molar-refractivity contribution in [1.82, 2.24) is 4.90 Å². The molecule has 0 radical (unpaired) electrons. The van der Waals surface area contributed by atoms with E-state index in [1.807, 2.05) is 42.5 Å². The summed E-state index contributed by atoms with van der Waals surface area (Å²) in [5, 5.41) is 2.23. The van der Waals surface area contributed by atoms with Gasteiger partial charge in [0.25, 0.3) is 5.91 Å². The maximum atomic E-state index is 12.1. The van der Waals surface area contributed by atoms with E-state index >= 15 is 0 Å². The average Bonchev–Trinajstić information content (AvgIpc) is 3.03. The summed E-state index contributed by atoms with van der Waals surface area (Å²) in [5.74, 6) is -0.693. The highest BCUT2D eigenvalue weighted by Gasteiger charge is 2.32. The molecule has 0 bridgehead atoms. The third-order valence-corrected chi connectivity index (χ3v) is 7.30. The van der Waals surface area contributed by atoms with Crippen LogP contribution in [0.1, 0.15) is 6.42 Å². The summed E-state index contributed by atoms with van der Waals surface area (Å²) in [6.07, 6.45) is 0.427. The van der Waals surface area contributed by atoms with Gasteiger partial charge in [0.1, 0.15) is 0 Å². The number of amides is 1. The number of likely N-dealkylation sites (N-methyl/N-ethyl adjacent to an activating group) is 1. The molecule has 1 aliphatic heterocycles. The van der Waals surface area contributed by atoms with Gasteiger partial charge in [0.2, 0.25) is 0 Å². The number of benzene rings is 2. The number of fused-ring (bicyclic) bond motifs is 1. The number of thioether (sulfide) groups is 1. The zero-order chi connectivity index (χ0) is 19.4. The molecule has 0 N–H and O–H groups in total. The zero-order valence-electron chi connectivity index (χ0n) is 15.0. The minimum Gasteiger partial charge on any atom is -0.455 e. The predicted molar refractivity (Wildman–Crippen MR) is 105 cm³/mol. The van der Waals surface area contributed by atoms with Gasteiger partial charge in [-0.25, -0.2) is 8.42 Å². The van der Waals surface area contributed by atoms with E-state index < -0.39 is 15.8 Å². The number of hydrogen-bond acceptors (Lipinski definition) is 6. The highest BCUT2D eigenvalue weighted by molar-refractivity contribution is 8.00. The van der Waals surface area contributed by atoms with Crippen LogP contribution in [0.4, 0.5) is 0 Å². The smallest absolute Gasteiger partial charge is 0.316 e. The van der Waals surface area contributed by atoms with E-state index in [1.165, 1.54) is 16.7 Å². The third-order valence-electron chi connectivity index (χ3n) is 4.58. The van der Waals surface area contributed by atoms with Crippen molar-refractivity contribution in [2.24, 2.45) is 0 Å². The molecule has 1 amide bonds. The van der Waals surface area contributed by atoms with Gasteiger partial charge in [-0.15, -0.1) is 11.8 Å². The minimum absolute atomic E-state index is 0.0268. The van der Waals surface area contributed by atoms with Crippen molar-refractivity contribution < 1.29 is 22.7 Å². The molecule has 8 heteroatoms. The molecule has 0 unspecified atom stereocenters. The Balaban J connectivity index is 1.45. The summed E-state index contributed by atoms with van der Waals surface area (Å²) in [6.45, 7) is -0.371. The van der Waals surface area contributed by atoms with Crippen molar-refractivity contribution >= 4 is 44.2 Å². The molecule has 1 heterocycles. The number of carbonyl (C=O) groups is 2. The zero-order valence-corrected chi connectivity index (χ0v) is 16.6. The normalized spacial score (nSPS) is 18.3. The molecule has 0 aromatic heterocycles. The molecule has 144 valence electrons. The Labute approximate surface area is 162 Å².